The van der Waals surface area contributed by atoms with Crippen LogP contribution in [0, 0.1) is 11.3 Å². The maximum atomic E-state index is 11.0. The summed E-state index contributed by atoms with van der Waals surface area (Å²) in [5.41, 5.74) is 0.280. The molecule has 0 N–H and O–H groups in total. The van der Waals surface area contributed by atoms with E-state index in [1.165, 1.54) is 0 Å². The quantitative estimate of drug-likeness (QED) is 0.733. The van der Waals surface area contributed by atoms with Crippen LogP contribution in [0.15, 0.2) is 12.4 Å². The number of aromatic nitrogens is 2. The SMILES string of the molecule is CC(C)n1cc(C2(C#N)CC(=O)C2)cn1. The largest absolute Gasteiger partial charge is 0.300 e. The zero-order chi connectivity index (χ0) is 11.1. The summed E-state index contributed by atoms with van der Waals surface area (Å²) in [6.07, 6.45) is 4.26. The van der Waals surface area contributed by atoms with E-state index in [2.05, 4.69) is 11.2 Å². The van der Waals surface area contributed by atoms with Gasteiger partial charge in [0, 0.05) is 30.6 Å². The van der Waals surface area contributed by atoms with Gasteiger partial charge in [-0.2, -0.15) is 10.4 Å². The van der Waals surface area contributed by atoms with E-state index in [4.69, 9.17) is 5.26 Å². The standard InChI is InChI=1S/C11H13N3O/c1-8(2)14-6-9(5-13-14)11(7-12)3-10(15)4-11/h5-6,8H,3-4H2,1-2H3. The molecule has 0 amide bonds. The number of rotatable bonds is 2. The molecule has 0 radical (unpaired) electrons. The van der Waals surface area contributed by atoms with Crippen LogP contribution >= 0.6 is 0 Å². The van der Waals surface area contributed by atoms with Crippen molar-refractivity contribution in [3.8, 4) is 6.07 Å². The predicted molar refractivity (Wildman–Crippen MR) is 54.1 cm³/mol. The lowest BCUT2D eigenvalue weighted by atomic mass is 9.65. The highest BCUT2D eigenvalue weighted by Gasteiger charge is 2.46. The zero-order valence-electron chi connectivity index (χ0n) is 8.90. The van der Waals surface area contributed by atoms with Crippen molar-refractivity contribution in [3.63, 3.8) is 0 Å². The van der Waals surface area contributed by atoms with E-state index in [-0.39, 0.29) is 11.8 Å². The lowest BCUT2D eigenvalue weighted by molar-refractivity contribution is -0.126. The molecule has 15 heavy (non-hydrogen) atoms. The minimum atomic E-state index is -0.593. The molecule has 1 fully saturated rings. The molecule has 0 aromatic carbocycles. The van der Waals surface area contributed by atoms with E-state index in [1.807, 2.05) is 24.7 Å². The smallest absolute Gasteiger partial charge is 0.136 e. The molecule has 0 bridgehead atoms. The van der Waals surface area contributed by atoms with E-state index in [9.17, 15) is 4.79 Å². The number of carbonyl (C=O) groups excluding carboxylic acids is 1. The summed E-state index contributed by atoms with van der Waals surface area (Å²) in [6, 6.07) is 2.52. The third-order valence-corrected chi connectivity index (χ3v) is 2.90. The molecule has 1 heterocycles. The van der Waals surface area contributed by atoms with E-state index < -0.39 is 5.41 Å². The highest BCUT2D eigenvalue weighted by molar-refractivity contribution is 5.90. The molecule has 0 unspecified atom stereocenters. The summed E-state index contributed by atoms with van der Waals surface area (Å²) in [6.45, 7) is 4.06. The Morgan fingerprint density at radius 3 is 2.67 bits per heavy atom. The molecular weight excluding hydrogens is 190 g/mol. The molecule has 1 aliphatic carbocycles. The number of nitrogens with zero attached hydrogens (tertiary/aromatic N) is 3. The molecule has 78 valence electrons. The molecule has 4 heteroatoms. The Balaban J connectivity index is 2.30. The van der Waals surface area contributed by atoms with E-state index >= 15 is 0 Å². The van der Waals surface area contributed by atoms with Gasteiger partial charge in [-0.15, -0.1) is 0 Å². The van der Waals surface area contributed by atoms with Crippen LogP contribution in [0.5, 0.6) is 0 Å². The van der Waals surface area contributed by atoms with E-state index in [1.54, 1.807) is 6.20 Å². The molecular formula is C11H13N3O. The van der Waals surface area contributed by atoms with Gasteiger partial charge in [-0.3, -0.25) is 9.48 Å². The normalized spacial score (nSPS) is 18.7. The van der Waals surface area contributed by atoms with Crippen LogP contribution in [0.3, 0.4) is 0 Å². The Morgan fingerprint density at radius 2 is 2.27 bits per heavy atom. The zero-order valence-corrected chi connectivity index (χ0v) is 8.90. The second-order valence-corrected chi connectivity index (χ2v) is 4.39. The van der Waals surface area contributed by atoms with Crippen LogP contribution in [0.4, 0.5) is 0 Å². The number of carbonyl (C=O) groups is 1. The first-order chi connectivity index (χ1) is 7.07. The second-order valence-electron chi connectivity index (χ2n) is 4.39. The van der Waals surface area contributed by atoms with Crippen LogP contribution in [0.2, 0.25) is 0 Å². The number of hydrogen-bond acceptors (Lipinski definition) is 3. The van der Waals surface area contributed by atoms with Crippen molar-refractivity contribution in [1.82, 2.24) is 9.78 Å². The second kappa shape index (κ2) is 3.20. The number of Topliss-reactive ketones (excluding diaryl/α,β-unsaturated/α-hetero) is 1. The maximum absolute atomic E-state index is 11.0. The average molecular weight is 203 g/mol. The lowest BCUT2D eigenvalue weighted by Gasteiger charge is -2.32. The molecule has 4 nitrogen and oxygen atoms in total. The van der Waals surface area contributed by atoms with Crippen LogP contribution in [-0.4, -0.2) is 15.6 Å². The van der Waals surface area contributed by atoms with Crippen molar-refractivity contribution < 1.29 is 4.79 Å². The van der Waals surface area contributed by atoms with Gasteiger partial charge in [0.1, 0.15) is 5.78 Å². The Hall–Kier alpha value is -1.63. The monoisotopic (exact) mass is 203 g/mol. The molecule has 0 saturated heterocycles. The van der Waals surface area contributed by atoms with Gasteiger partial charge in [-0.05, 0) is 13.8 Å². The van der Waals surface area contributed by atoms with Crippen molar-refractivity contribution in [1.29, 1.82) is 5.26 Å². The molecule has 1 aromatic rings. The summed E-state index contributed by atoms with van der Waals surface area (Å²) < 4.78 is 1.82. The summed E-state index contributed by atoms with van der Waals surface area (Å²) in [7, 11) is 0. The van der Waals surface area contributed by atoms with E-state index in [0.29, 0.717) is 12.8 Å². The molecule has 1 saturated carbocycles. The molecule has 0 aliphatic heterocycles. The third-order valence-electron chi connectivity index (χ3n) is 2.90. The minimum absolute atomic E-state index is 0.161. The first kappa shape index (κ1) is 9.91. The first-order valence-electron chi connectivity index (χ1n) is 5.05. The van der Waals surface area contributed by atoms with Crippen molar-refractivity contribution in [2.45, 2.75) is 38.1 Å². The van der Waals surface area contributed by atoms with Crippen molar-refractivity contribution in [2.24, 2.45) is 0 Å². The fraction of sp³-hybridized carbons (Fsp3) is 0.545. The summed E-state index contributed by atoms with van der Waals surface area (Å²) in [5, 5.41) is 13.3. The fourth-order valence-electron chi connectivity index (χ4n) is 1.84. The van der Waals surface area contributed by atoms with Crippen LogP contribution in [-0.2, 0) is 10.2 Å². The van der Waals surface area contributed by atoms with Gasteiger partial charge in [0.05, 0.1) is 17.7 Å². The summed E-state index contributed by atoms with van der Waals surface area (Å²) >= 11 is 0. The Labute approximate surface area is 88.5 Å². The Morgan fingerprint density at radius 1 is 1.60 bits per heavy atom. The van der Waals surface area contributed by atoms with Crippen molar-refractivity contribution in [3.05, 3.63) is 18.0 Å². The molecule has 1 aromatic heterocycles. The Kier molecular flexibility index (Phi) is 2.11. The van der Waals surface area contributed by atoms with Gasteiger partial charge in [0.15, 0.2) is 0 Å². The van der Waals surface area contributed by atoms with Crippen molar-refractivity contribution in [2.75, 3.05) is 0 Å². The van der Waals surface area contributed by atoms with Gasteiger partial charge in [0.25, 0.3) is 0 Å². The predicted octanol–water partition coefficient (Wildman–Crippen LogP) is 1.59. The minimum Gasteiger partial charge on any atom is -0.300 e. The van der Waals surface area contributed by atoms with Gasteiger partial charge < -0.3 is 0 Å². The summed E-state index contributed by atoms with van der Waals surface area (Å²) in [5.74, 6) is 0.161. The third kappa shape index (κ3) is 1.44. The molecule has 1 aliphatic rings. The highest BCUT2D eigenvalue weighted by Crippen LogP contribution is 2.40. The van der Waals surface area contributed by atoms with Crippen LogP contribution in [0.25, 0.3) is 0 Å². The van der Waals surface area contributed by atoms with Crippen molar-refractivity contribution >= 4 is 5.78 Å². The highest BCUT2D eigenvalue weighted by atomic mass is 16.1. The molecule has 0 spiro atoms. The molecule has 0 atom stereocenters. The average Bonchev–Trinajstić information content (AvgIpc) is 2.61. The maximum Gasteiger partial charge on any atom is 0.136 e. The van der Waals surface area contributed by atoms with Gasteiger partial charge >= 0.3 is 0 Å². The number of hydrogen-bond donors (Lipinski definition) is 0. The fourth-order valence-corrected chi connectivity index (χ4v) is 1.84. The van der Waals surface area contributed by atoms with Gasteiger partial charge in [-0.25, -0.2) is 0 Å². The number of ketones is 1. The topological polar surface area (TPSA) is 58.7 Å². The van der Waals surface area contributed by atoms with E-state index in [0.717, 1.165) is 5.56 Å². The molecule has 2 rings (SSSR count). The lowest BCUT2D eigenvalue weighted by Crippen LogP contribution is -2.40. The summed E-state index contributed by atoms with van der Waals surface area (Å²) in [4.78, 5) is 11.0. The van der Waals surface area contributed by atoms with Crippen LogP contribution in [0.1, 0.15) is 38.3 Å². The van der Waals surface area contributed by atoms with Crippen LogP contribution < -0.4 is 0 Å². The number of nitriles is 1. The van der Waals surface area contributed by atoms with Gasteiger partial charge in [-0.1, -0.05) is 0 Å². The first-order valence-corrected chi connectivity index (χ1v) is 5.05. The Bertz CT molecular complexity index is 431. The van der Waals surface area contributed by atoms with Gasteiger partial charge in [0.2, 0.25) is 0 Å².